The second-order valence-electron chi connectivity index (χ2n) is 12.4. The van der Waals surface area contributed by atoms with Gasteiger partial charge >= 0.3 is 0 Å². The van der Waals surface area contributed by atoms with Gasteiger partial charge in [0.2, 0.25) is 11.8 Å². The van der Waals surface area contributed by atoms with E-state index in [4.69, 9.17) is 0 Å². The molecule has 0 unspecified atom stereocenters. The Morgan fingerprint density at radius 3 is 2.76 bits per heavy atom. The van der Waals surface area contributed by atoms with Gasteiger partial charge in [0.25, 0.3) is 0 Å². The van der Waals surface area contributed by atoms with Crippen molar-refractivity contribution in [3.63, 3.8) is 0 Å². The van der Waals surface area contributed by atoms with Crippen molar-refractivity contribution in [3.05, 3.63) is 41.0 Å². The number of benzene rings is 1. The van der Waals surface area contributed by atoms with Crippen LogP contribution in [0.5, 0.6) is 0 Å². The van der Waals surface area contributed by atoms with Crippen LogP contribution in [-0.4, -0.2) is 40.4 Å². The van der Waals surface area contributed by atoms with Crippen LogP contribution in [0.15, 0.2) is 29.8 Å². The number of anilines is 1. The average Bonchev–Trinajstić information content (AvgIpc) is 3.15. The summed E-state index contributed by atoms with van der Waals surface area (Å²) in [5.41, 5.74) is 2.99. The Morgan fingerprint density at radius 1 is 1.21 bits per heavy atom. The Morgan fingerprint density at radius 2 is 2.00 bits per heavy atom. The highest BCUT2D eigenvalue weighted by atomic mass is 16.2. The van der Waals surface area contributed by atoms with Crippen LogP contribution in [0.25, 0.3) is 0 Å². The van der Waals surface area contributed by atoms with Gasteiger partial charge in [0, 0.05) is 18.3 Å². The fourth-order valence-electron chi connectivity index (χ4n) is 8.60. The SMILES string of the molecule is CC(C)=CCc1cccc2c1NC(=O)[C@]21C[C@@]23CN4[C@@H](C)CCC[C@]4(C[C@@H]2C1(C)C)C(=O)N3. The topological polar surface area (TPSA) is 61.4 Å². The maximum absolute atomic E-state index is 14.0. The summed E-state index contributed by atoms with van der Waals surface area (Å²) >= 11 is 0. The lowest BCUT2D eigenvalue weighted by molar-refractivity contribution is -0.173. The average molecular weight is 448 g/mol. The first kappa shape index (κ1) is 21.4. The highest BCUT2D eigenvalue weighted by Crippen LogP contribution is 2.70. The van der Waals surface area contributed by atoms with Crippen molar-refractivity contribution in [2.24, 2.45) is 11.3 Å². The lowest BCUT2D eigenvalue weighted by Gasteiger charge is -2.65. The molecule has 3 spiro atoms. The Labute approximate surface area is 197 Å². The van der Waals surface area contributed by atoms with Crippen LogP contribution in [0.1, 0.15) is 77.8 Å². The maximum atomic E-state index is 14.0. The minimum absolute atomic E-state index is 0.122. The zero-order valence-corrected chi connectivity index (χ0v) is 20.7. The summed E-state index contributed by atoms with van der Waals surface area (Å²) in [6.45, 7) is 12.0. The molecule has 1 aliphatic carbocycles. The molecule has 2 amide bonds. The largest absolute Gasteiger partial charge is 0.347 e. The van der Waals surface area contributed by atoms with Gasteiger partial charge in [0.1, 0.15) is 5.54 Å². The normalized spacial score (nSPS) is 40.2. The molecule has 6 aliphatic rings. The van der Waals surface area contributed by atoms with Crippen LogP contribution in [0.4, 0.5) is 5.69 Å². The molecule has 1 aromatic carbocycles. The smallest absolute Gasteiger partial charge is 0.241 e. The van der Waals surface area contributed by atoms with E-state index in [1.54, 1.807) is 0 Å². The van der Waals surface area contributed by atoms with Crippen LogP contribution in [0.3, 0.4) is 0 Å². The summed E-state index contributed by atoms with van der Waals surface area (Å²) in [7, 11) is 0. The van der Waals surface area contributed by atoms with Gasteiger partial charge in [0.05, 0.1) is 11.0 Å². The van der Waals surface area contributed by atoms with Gasteiger partial charge in [-0.15, -0.1) is 0 Å². The first-order chi connectivity index (χ1) is 15.6. The predicted octanol–water partition coefficient (Wildman–Crippen LogP) is 4.32. The number of amides is 2. The van der Waals surface area contributed by atoms with E-state index in [9.17, 15) is 9.59 Å². The number of nitrogens with one attached hydrogen (secondary N) is 2. The minimum Gasteiger partial charge on any atom is -0.347 e. The quantitative estimate of drug-likeness (QED) is 0.664. The molecule has 0 aromatic heterocycles. The van der Waals surface area contributed by atoms with Crippen molar-refractivity contribution < 1.29 is 9.59 Å². The van der Waals surface area contributed by atoms with E-state index in [0.717, 1.165) is 49.9 Å². The Hall–Kier alpha value is -2.14. The van der Waals surface area contributed by atoms with E-state index < -0.39 is 11.0 Å². The molecule has 4 saturated heterocycles. The van der Waals surface area contributed by atoms with Gasteiger partial charge in [-0.2, -0.15) is 0 Å². The molecule has 33 heavy (non-hydrogen) atoms. The van der Waals surface area contributed by atoms with Gasteiger partial charge in [-0.1, -0.05) is 43.7 Å². The number of piperidine rings is 3. The molecular weight excluding hydrogens is 410 g/mol. The number of rotatable bonds is 2. The summed E-state index contributed by atoms with van der Waals surface area (Å²) in [5, 5.41) is 6.87. The van der Waals surface area contributed by atoms with E-state index in [-0.39, 0.29) is 28.7 Å². The molecule has 7 rings (SSSR count). The molecule has 2 bridgehead atoms. The number of fused-ring (bicyclic) bond motifs is 3. The van der Waals surface area contributed by atoms with E-state index in [0.29, 0.717) is 12.5 Å². The molecular formula is C28H37N3O2. The molecule has 1 saturated carbocycles. The number of hydrogen-bond acceptors (Lipinski definition) is 3. The van der Waals surface area contributed by atoms with Gasteiger partial charge in [0.15, 0.2) is 0 Å². The van der Waals surface area contributed by atoms with Gasteiger partial charge in [-0.3, -0.25) is 14.5 Å². The number of carbonyl (C=O) groups is 2. The first-order valence-corrected chi connectivity index (χ1v) is 12.7. The fraction of sp³-hybridized carbons (Fsp3) is 0.643. The van der Waals surface area contributed by atoms with Gasteiger partial charge < -0.3 is 10.6 Å². The summed E-state index contributed by atoms with van der Waals surface area (Å²) in [5.74, 6) is 0.611. The summed E-state index contributed by atoms with van der Waals surface area (Å²) in [6.07, 6.45) is 7.81. The van der Waals surface area contributed by atoms with Crippen LogP contribution in [0.2, 0.25) is 0 Å². The number of para-hydroxylation sites is 1. The Bertz CT molecular complexity index is 1100. The minimum atomic E-state index is -0.620. The van der Waals surface area contributed by atoms with E-state index >= 15 is 0 Å². The summed E-state index contributed by atoms with van der Waals surface area (Å²) in [4.78, 5) is 30.1. The molecule has 5 aliphatic heterocycles. The first-order valence-electron chi connectivity index (χ1n) is 12.7. The zero-order chi connectivity index (χ0) is 23.4. The van der Waals surface area contributed by atoms with Crippen molar-refractivity contribution in [2.75, 3.05) is 11.9 Å². The molecule has 5 heteroatoms. The van der Waals surface area contributed by atoms with Crippen LogP contribution in [-0.2, 0) is 21.4 Å². The third-order valence-corrected chi connectivity index (χ3v) is 10.3. The fourth-order valence-corrected chi connectivity index (χ4v) is 8.60. The number of hydrogen-bond donors (Lipinski definition) is 2. The monoisotopic (exact) mass is 447 g/mol. The molecule has 1 aromatic rings. The lowest BCUT2D eigenvalue weighted by atomic mass is 9.56. The molecule has 2 N–H and O–H groups in total. The maximum Gasteiger partial charge on any atom is 0.241 e. The van der Waals surface area contributed by atoms with Crippen LogP contribution < -0.4 is 10.6 Å². The zero-order valence-electron chi connectivity index (χ0n) is 20.7. The van der Waals surface area contributed by atoms with E-state index in [1.807, 2.05) is 0 Å². The lowest BCUT2D eigenvalue weighted by Crippen LogP contribution is -2.82. The van der Waals surface area contributed by atoms with Gasteiger partial charge in [-0.05, 0) is 81.8 Å². The third-order valence-electron chi connectivity index (χ3n) is 10.3. The summed E-state index contributed by atoms with van der Waals surface area (Å²) < 4.78 is 0. The van der Waals surface area contributed by atoms with Crippen molar-refractivity contribution in [3.8, 4) is 0 Å². The summed E-state index contributed by atoms with van der Waals surface area (Å²) in [6, 6.07) is 6.84. The number of carbonyl (C=O) groups excluding carboxylic acids is 2. The van der Waals surface area contributed by atoms with Crippen molar-refractivity contribution in [1.82, 2.24) is 10.2 Å². The van der Waals surface area contributed by atoms with Crippen LogP contribution in [0, 0.1) is 11.3 Å². The second-order valence-corrected chi connectivity index (χ2v) is 12.4. The van der Waals surface area contributed by atoms with Crippen molar-refractivity contribution in [2.45, 2.75) is 95.7 Å². The highest BCUT2D eigenvalue weighted by Gasteiger charge is 2.77. The van der Waals surface area contributed by atoms with Gasteiger partial charge in [-0.25, -0.2) is 0 Å². The van der Waals surface area contributed by atoms with E-state index in [2.05, 4.69) is 74.4 Å². The number of piperazine rings is 1. The Kier molecular flexibility index (Phi) is 4.21. The number of nitrogens with zero attached hydrogens (tertiary/aromatic N) is 1. The van der Waals surface area contributed by atoms with E-state index in [1.165, 1.54) is 11.1 Å². The van der Waals surface area contributed by atoms with Crippen LogP contribution >= 0.6 is 0 Å². The third kappa shape index (κ3) is 2.42. The number of allylic oxidation sites excluding steroid dienone is 2. The molecule has 5 nitrogen and oxygen atoms in total. The Balaban J connectivity index is 1.50. The molecule has 5 fully saturated rings. The predicted molar refractivity (Wildman–Crippen MR) is 130 cm³/mol. The molecule has 5 heterocycles. The van der Waals surface area contributed by atoms with Crippen molar-refractivity contribution >= 4 is 17.5 Å². The molecule has 0 radical (unpaired) electrons. The molecule has 5 atom stereocenters. The highest BCUT2D eigenvalue weighted by molar-refractivity contribution is 6.08. The van der Waals surface area contributed by atoms with Crippen molar-refractivity contribution in [1.29, 1.82) is 0 Å². The standard InChI is InChI=1S/C28H37N3O2/c1-17(2)11-12-19-9-6-10-20-22(19)29-24(33)28(20)15-26-16-31-18(3)8-7-13-27(31,23(32)30-26)14-21(26)25(28,4)5/h6,9-11,18,21H,7-8,12-16H2,1-5H3,(H,29,33)(H,30,32)/t18-,21+,26+,27-,28-/m0/s1. The molecule has 176 valence electrons. The second kappa shape index (κ2) is 6.50.